The number of benzene rings is 1. The number of non-ortho nitro benzene ring substituents is 1. The first-order valence-electron chi connectivity index (χ1n) is 15.7. The minimum absolute atomic E-state index is 0.0113. The molecule has 2 fully saturated rings. The van der Waals surface area contributed by atoms with Crippen LogP contribution in [0.3, 0.4) is 0 Å². The van der Waals surface area contributed by atoms with E-state index in [1.807, 2.05) is 0 Å². The van der Waals surface area contributed by atoms with Gasteiger partial charge >= 0.3 is 23.2 Å². The van der Waals surface area contributed by atoms with Gasteiger partial charge in [0.25, 0.3) is 5.69 Å². The lowest BCUT2D eigenvalue weighted by Gasteiger charge is -2.51. The van der Waals surface area contributed by atoms with Crippen molar-refractivity contribution in [2.24, 2.45) is 0 Å². The van der Waals surface area contributed by atoms with E-state index in [4.69, 9.17) is 22.4 Å². The molecule has 0 N–H and O–H groups in total. The summed E-state index contributed by atoms with van der Waals surface area (Å²) in [5.41, 5.74) is 2.22. The molecular weight excluding hydrogens is 618 g/mol. The highest BCUT2D eigenvalue weighted by Crippen LogP contribution is 2.48. The van der Waals surface area contributed by atoms with E-state index in [1.54, 1.807) is 23.0 Å². The van der Waals surface area contributed by atoms with Crippen LogP contribution in [-0.2, 0) is 24.1 Å². The van der Waals surface area contributed by atoms with Gasteiger partial charge in [-0.05, 0) is 27.7 Å². The monoisotopic (exact) mass is 661 g/mol. The molecule has 3 atom stereocenters. The second kappa shape index (κ2) is 13.1. The first kappa shape index (κ1) is 33.5. The van der Waals surface area contributed by atoms with E-state index in [0.29, 0.717) is 25.0 Å². The third-order valence-corrected chi connectivity index (χ3v) is 19.3. The van der Waals surface area contributed by atoms with Gasteiger partial charge in [0, 0.05) is 25.0 Å². The molecule has 5 rings (SSSR count). The summed E-state index contributed by atoms with van der Waals surface area (Å²) in [5.74, 6) is 0.0193. The lowest BCUT2D eigenvalue weighted by molar-refractivity contribution is -0.384. The molecule has 2 aromatic heterocycles. The predicted octanol–water partition coefficient (Wildman–Crippen LogP) is 6.74. The molecule has 15 heteroatoms. The van der Waals surface area contributed by atoms with Gasteiger partial charge in [-0.2, -0.15) is 14.4 Å². The van der Waals surface area contributed by atoms with Crippen molar-refractivity contribution >= 4 is 34.0 Å². The fraction of sp³-hybridized carbons (Fsp3) is 0.633. The summed E-state index contributed by atoms with van der Waals surface area (Å²) in [6.45, 7) is 18.0. The second-order valence-electron chi connectivity index (χ2n) is 13.1. The molecule has 2 aliphatic heterocycles. The zero-order valence-corrected chi connectivity index (χ0v) is 29.2. The molecule has 4 heterocycles. The van der Waals surface area contributed by atoms with Crippen LogP contribution in [0.5, 0.6) is 5.88 Å². The van der Waals surface area contributed by atoms with Crippen LogP contribution >= 0.6 is 0 Å². The van der Waals surface area contributed by atoms with Crippen molar-refractivity contribution in [3.63, 3.8) is 0 Å². The smallest absolute Gasteiger partial charge is 0.335 e. The van der Waals surface area contributed by atoms with Crippen LogP contribution in [0.4, 0.5) is 10.1 Å². The highest BCUT2D eigenvalue weighted by Gasteiger charge is 2.60. The quantitative estimate of drug-likeness (QED) is 0.0996. The summed E-state index contributed by atoms with van der Waals surface area (Å²) < 4.78 is 50.1. The molecule has 0 amide bonds. The molecule has 0 aliphatic carbocycles. The van der Waals surface area contributed by atoms with E-state index >= 15 is 0 Å². The molecule has 246 valence electrons. The Labute approximate surface area is 265 Å². The summed E-state index contributed by atoms with van der Waals surface area (Å²) in [6, 6.07) is 6.20. The van der Waals surface area contributed by atoms with Crippen molar-refractivity contribution in [2.75, 3.05) is 13.2 Å². The summed E-state index contributed by atoms with van der Waals surface area (Å²) in [6.07, 6.45) is 0.427. The first-order valence-corrected chi connectivity index (χ1v) is 19.6. The second-order valence-corrected chi connectivity index (χ2v) is 22.0. The first-order chi connectivity index (χ1) is 21.3. The SMILES string of the molecule is CC(C)[Si]1(C(C)C)OC[C@H]2O[C@@H](n3cnc4c(OCCc5ccc([N+](=O)[O-])cc5)nc(F)nc43)C[C@@H]2O[Si](C(C)C)(C(C)C)O1. The van der Waals surface area contributed by atoms with Gasteiger partial charge < -0.3 is 22.4 Å². The molecule has 0 saturated carbocycles. The zero-order valence-electron chi connectivity index (χ0n) is 27.2. The van der Waals surface area contributed by atoms with Crippen LogP contribution in [0.15, 0.2) is 30.6 Å². The Balaban J connectivity index is 1.39. The maximum atomic E-state index is 14.7. The van der Waals surface area contributed by atoms with E-state index in [1.165, 1.54) is 12.1 Å². The van der Waals surface area contributed by atoms with Crippen LogP contribution in [0.2, 0.25) is 22.2 Å². The summed E-state index contributed by atoms with van der Waals surface area (Å²) in [4.78, 5) is 22.9. The predicted molar refractivity (Wildman–Crippen MR) is 170 cm³/mol. The third-order valence-electron chi connectivity index (χ3n) is 8.98. The maximum absolute atomic E-state index is 14.7. The maximum Gasteiger partial charge on any atom is 0.335 e. The number of nitrogens with zero attached hydrogens (tertiary/aromatic N) is 5. The van der Waals surface area contributed by atoms with Gasteiger partial charge in [0.1, 0.15) is 12.3 Å². The molecule has 2 aliphatic rings. The van der Waals surface area contributed by atoms with E-state index in [-0.39, 0.29) is 58.2 Å². The molecule has 1 aromatic carbocycles. The van der Waals surface area contributed by atoms with Crippen LogP contribution in [-0.4, -0.2) is 67.0 Å². The lowest BCUT2D eigenvalue weighted by Crippen LogP contribution is -2.65. The molecule has 3 aromatic rings. The number of hydrogen-bond donors (Lipinski definition) is 0. The molecular formula is C30H44FN5O7Si2. The van der Waals surface area contributed by atoms with Gasteiger partial charge in [0.2, 0.25) is 5.88 Å². The lowest BCUT2D eigenvalue weighted by atomic mass is 10.1. The van der Waals surface area contributed by atoms with Crippen molar-refractivity contribution in [2.45, 2.75) is 109 Å². The number of hydrogen-bond acceptors (Lipinski definition) is 10. The third kappa shape index (κ3) is 6.42. The molecule has 2 saturated heterocycles. The Kier molecular flexibility index (Phi) is 9.78. The Hall–Kier alpha value is -2.83. The largest absolute Gasteiger partial charge is 0.476 e. The minimum Gasteiger partial charge on any atom is -0.476 e. The molecule has 45 heavy (non-hydrogen) atoms. The molecule has 0 radical (unpaired) electrons. The Morgan fingerprint density at radius 2 is 1.64 bits per heavy atom. The van der Waals surface area contributed by atoms with Gasteiger partial charge in [0.05, 0.1) is 30.6 Å². The number of ether oxygens (including phenoxy) is 2. The van der Waals surface area contributed by atoms with Crippen LogP contribution in [0.25, 0.3) is 11.2 Å². The number of rotatable bonds is 10. The standard InChI is InChI=1S/C30H44FN5O7Si2/c1-18(2)44(19(3)4)40-16-25-24(42-45(43-44,20(5)6)21(7)8)15-26(41-25)35-17-32-27-28(35)33-30(31)34-29(27)39-14-13-22-9-11-23(12-10-22)36(37)38/h9-12,17-21,24-26H,13-16H2,1-8H3/t24-,25+,26+/m0/s1. The minimum atomic E-state index is -2.81. The highest BCUT2D eigenvalue weighted by molar-refractivity contribution is 6.83. The summed E-state index contributed by atoms with van der Waals surface area (Å²) in [7, 11) is -5.52. The average molecular weight is 662 g/mol. The Bertz CT molecular complexity index is 1490. The molecule has 12 nitrogen and oxygen atoms in total. The highest BCUT2D eigenvalue weighted by atomic mass is 28.5. The molecule has 0 spiro atoms. The van der Waals surface area contributed by atoms with Crippen LogP contribution < -0.4 is 4.74 Å². The van der Waals surface area contributed by atoms with Crippen molar-refractivity contribution in [1.29, 1.82) is 0 Å². The number of nitro benzene ring substituents is 1. The average Bonchev–Trinajstić information content (AvgIpc) is 3.56. The fourth-order valence-corrected chi connectivity index (χ4v) is 17.8. The van der Waals surface area contributed by atoms with Crippen molar-refractivity contribution < 1.29 is 31.8 Å². The van der Waals surface area contributed by atoms with Crippen molar-refractivity contribution in [1.82, 2.24) is 19.5 Å². The summed E-state index contributed by atoms with van der Waals surface area (Å²) in [5, 5.41) is 10.9. The topological polar surface area (TPSA) is 133 Å². The van der Waals surface area contributed by atoms with Crippen molar-refractivity contribution in [3.8, 4) is 5.88 Å². The number of imidazole rings is 1. The normalized spacial score (nSPS) is 23.1. The van der Waals surface area contributed by atoms with Crippen LogP contribution in [0, 0.1) is 16.2 Å². The number of fused-ring (bicyclic) bond motifs is 2. The fourth-order valence-electron chi connectivity index (χ4n) is 6.53. The number of nitro groups is 1. The molecule has 0 unspecified atom stereocenters. The van der Waals surface area contributed by atoms with Gasteiger partial charge in [0.15, 0.2) is 11.2 Å². The van der Waals surface area contributed by atoms with E-state index < -0.39 is 34.4 Å². The van der Waals surface area contributed by atoms with E-state index in [2.05, 4.69) is 70.3 Å². The van der Waals surface area contributed by atoms with Gasteiger partial charge in [-0.1, -0.05) is 67.5 Å². The van der Waals surface area contributed by atoms with Crippen LogP contribution in [0.1, 0.15) is 73.6 Å². The Morgan fingerprint density at radius 3 is 2.24 bits per heavy atom. The number of halogens is 1. The number of aromatic nitrogens is 4. The van der Waals surface area contributed by atoms with E-state index in [0.717, 1.165) is 5.56 Å². The van der Waals surface area contributed by atoms with Gasteiger partial charge in [-0.25, -0.2) is 4.98 Å². The van der Waals surface area contributed by atoms with Gasteiger partial charge in [-0.15, -0.1) is 0 Å². The van der Waals surface area contributed by atoms with Gasteiger partial charge in [-0.3, -0.25) is 14.7 Å². The zero-order chi connectivity index (χ0) is 32.7. The van der Waals surface area contributed by atoms with E-state index in [9.17, 15) is 14.5 Å². The summed E-state index contributed by atoms with van der Waals surface area (Å²) >= 11 is 0. The molecule has 0 bridgehead atoms. The van der Waals surface area contributed by atoms with Crippen molar-refractivity contribution in [3.05, 3.63) is 52.3 Å². The Morgan fingerprint density at radius 1 is 1.00 bits per heavy atom.